The summed E-state index contributed by atoms with van der Waals surface area (Å²) in [5.74, 6) is 0. The van der Waals surface area contributed by atoms with Gasteiger partial charge in [-0.05, 0) is 99.6 Å². The smallest absolute Gasteiger partial charge is 0.0999 e. The Morgan fingerprint density at radius 1 is 0.390 bits per heavy atom. The van der Waals surface area contributed by atoms with Crippen LogP contribution in [0.5, 0.6) is 0 Å². The number of aryl methyl sites for hydroxylation is 3. The number of para-hydroxylation sites is 3. The van der Waals surface area contributed by atoms with Crippen molar-refractivity contribution < 1.29 is 0 Å². The number of hydrogen-bond acceptors (Lipinski definition) is 3. The van der Waals surface area contributed by atoms with Crippen LogP contribution in [0, 0.1) is 43.4 Å². The highest BCUT2D eigenvalue weighted by molar-refractivity contribution is 6.14. The fraction of sp³-hybridized carbons (Fsp3) is 0.0566. The Balaban J connectivity index is 1.36. The lowest BCUT2D eigenvalue weighted by Gasteiger charge is -2.24. The Morgan fingerprint density at radius 2 is 0.763 bits per heavy atom. The molecule has 0 unspecified atom stereocenters. The van der Waals surface area contributed by atoms with Crippen molar-refractivity contribution in [3.8, 4) is 40.3 Å². The van der Waals surface area contributed by atoms with Gasteiger partial charge in [0, 0.05) is 43.4 Å². The van der Waals surface area contributed by atoms with E-state index in [2.05, 4.69) is 174 Å². The quantitative estimate of drug-likeness (QED) is 0.181. The van der Waals surface area contributed by atoms with Gasteiger partial charge in [0.05, 0.1) is 79.1 Å². The van der Waals surface area contributed by atoms with Gasteiger partial charge in [0.1, 0.15) is 0 Å². The van der Waals surface area contributed by atoms with Crippen LogP contribution in [0.3, 0.4) is 0 Å². The number of benzene rings is 8. The molecule has 0 aliphatic rings. The third-order valence-electron chi connectivity index (χ3n) is 12.1. The second kappa shape index (κ2) is 12.7. The van der Waals surface area contributed by atoms with Gasteiger partial charge in [-0.3, -0.25) is 0 Å². The van der Waals surface area contributed by atoms with Crippen molar-refractivity contribution in [2.75, 3.05) is 5.73 Å². The Bertz CT molecular complexity index is 3690. The zero-order chi connectivity index (χ0) is 40.1. The normalized spacial score (nSPS) is 11.7. The molecule has 278 valence electrons. The summed E-state index contributed by atoms with van der Waals surface area (Å²) < 4.78 is 6.78. The van der Waals surface area contributed by atoms with E-state index in [1.54, 1.807) is 0 Å². The van der Waals surface area contributed by atoms with E-state index in [0.717, 1.165) is 93.6 Å². The summed E-state index contributed by atoms with van der Waals surface area (Å²) in [5.41, 5.74) is 21.8. The molecule has 3 aromatic heterocycles. The van der Waals surface area contributed by atoms with E-state index in [-0.39, 0.29) is 0 Å². The molecule has 0 aliphatic heterocycles. The first-order valence-electron chi connectivity index (χ1n) is 19.8. The minimum absolute atomic E-state index is 0.382. The van der Waals surface area contributed by atoms with Gasteiger partial charge in [-0.25, -0.2) is 0 Å². The number of nitrogens with two attached hydrogens (primary N) is 1. The van der Waals surface area contributed by atoms with Crippen LogP contribution in [0.25, 0.3) is 93.6 Å². The number of nitriles is 2. The minimum atomic E-state index is 0.382. The van der Waals surface area contributed by atoms with Gasteiger partial charge < -0.3 is 19.4 Å². The second-order valence-corrected chi connectivity index (χ2v) is 15.6. The largest absolute Gasteiger partial charge is 0.396 e. The molecular formula is C53H36N6. The van der Waals surface area contributed by atoms with E-state index in [1.165, 1.54) is 5.56 Å². The topological polar surface area (TPSA) is 88.4 Å². The van der Waals surface area contributed by atoms with E-state index in [4.69, 9.17) is 5.73 Å². The van der Waals surface area contributed by atoms with Crippen LogP contribution in [0.2, 0.25) is 0 Å². The number of fused-ring (bicyclic) bond motifs is 9. The summed E-state index contributed by atoms with van der Waals surface area (Å²) in [4.78, 5) is 0. The van der Waals surface area contributed by atoms with Crippen LogP contribution >= 0.6 is 0 Å². The average molecular weight is 757 g/mol. The summed E-state index contributed by atoms with van der Waals surface area (Å²) in [6, 6.07) is 57.6. The predicted octanol–water partition coefficient (Wildman–Crippen LogP) is 12.9. The highest BCUT2D eigenvalue weighted by atomic mass is 15.1. The predicted molar refractivity (Wildman–Crippen MR) is 243 cm³/mol. The monoisotopic (exact) mass is 756 g/mol. The second-order valence-electron chi connectivity index (χ2n) is 15.6. The van der Waals surface area contributed by atoms with Crippen molar-refractivity contribution in [1.82, 2.24) is 13.7 Å². The van der Waals surface area contributed by atoms with E-state index >= 15 is 0 Å². The van der Waals surface area contributed by atoms with E-state index in [9.17, 15) is 10.5 Å². The molecule has 11 aromatic rings. The standard InChI is InChI=1S/C53H36N6/c1-31-16-21-45-39(26-31)36-10-4-7-13-42(36)57(45)48-24-19-34(29-54)50(52(48)56)51-35(30-55)20-25-49(58-43-14-8-5-11-37(43)40-27-32(2)17-22-46(40)58)53(51)59-44-15-9-6-12-38(44)41-28-33(3)18-23-47(41)59/h4-28H,56H2,1-3H3. The third kappa shape index (κ3) is 4.84. The van der Waals surface area contributed by atoms with Crippen molar-refractivity contribution in [1.29, 1.82) is 10.5 Å². The first-order chi connectivity index (χ1) is 28.9. The zero-order valence-electron chi connectivity index (χ0n) is 32.7. The fourth-order valence-electron chi connectivity index (χ4n) is 9.52. The summed E-state index contributed by atoms with van der Waals surface area (Å²) in [7, 11) is 0. The Labute approximate surface area is 340 Å². The fourth-order valence-corrected chi connectivity index (χ4v) is 9.52. The van der Waals surface area contributed by atoms with E-state index in [1.807, 2.05) is 24.3 Å². The Morgan fingerprint density at radius 3 is 1.24 bits per heavy atom. The molecule has 6 heteroatoms. The van der Waals surface area contributed by atoms with Crippen LogP contribution in [0.4, 0.5) is 5.69 Å². The number of anilines is 1. The van der Waals surface area contributed by atoms with Crippen molar-refractivity contribution >= 4 is 71.1 Å². The van der Waals surface area contributed by atoms with Gasteiger partial charge in [-0.1, -0.05) is 89.5 Å². The minimum Gasteiger partial charge on any atom is -0.396 e. The maximum atomic E-state index is 11.2. The Kier molecular flexibility index (Phi) is 7.38. The van der Waals surface area contributed by atoms with E-state index < -0.39 is 0 Å². The molecule has 0 aliphatic carbocycles. The highest BCUT2D eigenvalue weighted by Gasteiger charge is 2.28. The summed E-state index contributed by atoms with van der Waals surface area (Å²) in [6.07, 6.45) is 0. The lowest BCUT2D eigenvalue weighted by Crippen LogP contribution is -2.10. The number of nitrogens with zero attached hydrogens (tertiary/aromatic N) is 5. The average Bonchev–Trinajstić information content (AvgIpc) is 3.88. The van der Waals surface area contributed by atoms with Crippen molar-refractivity contribution in [2.45, 2.75) is 20.8 Å². The number of rotatable bonds is 4. The van der Waals surface area contributed by atoms with Crippen LogP contribution < -0.4 is 5.73 Å². The molecule has 59 heavy (non-hydrogen) atoms. The molecule has 0 fully saturated rings. The van der Waals surface area contributed by atoms with Crippen molar-refractivity contribution in [2.24, 2.45) is 0 Å². The summed E-state index contributed by atoms with van der Waals surface area (Å²) >= 11 is 0. The molecule has 0 amide bonds. The molecule has 0 saturated heterocycles. The molecule has 0 bridgehead atoms. The van der Waals surface area contributed by atoms with Gasteiger partial charge in [-0.2, -0.15) is 10.5 Å². The zero-order valence-corrected chi connectivity index (χ0v) is 32.7. The molecule has 6 nitrogen and oxygen atoms in total. The van der Waals surface area contributed by atoms with Gasteiger partial charge in [0.15, 0.2) is 0 Å². The lowest BCUT2D eigenvalue weighted by atomic mass is 9.91. The highest BCUT2D eigenvalue weighted by Crippen LogP contribution is 2.47. The number of nitrogen functional groups attached to an aromatic ring is 1. The SMILES string of the molecule is Cc1ccc2c(c1)c1ccccc1n2-c1ccc(C#N)c(-c2c(C#N)ccc(-n3c4ccccc4c4cc(C)ccc43)c2-n2c3ccccc3c3cc(C)ccc32)c1N. The van der Waals surface area contributed by atoms with Gasteiger partial charge in [-0.15, -0.1) is 0 Å². The molecular weight excluding hydrogens is 721 g/mol. The molecule has 11 rings (SSSR count). The lowest BCUT2D eigenvalue weighted by molar-refractivity contribution is 1.09. The van der Waals surface area contributed by atoms with Crippen LogP contribution in [0.1, 0.15) is 27.8 Å². The number of aromatic nitrogens is 3. The van der Waals surface area contributed by atoms with Gasteiger partial charge in [0.25, 0.3) is 0 Å². The van der Waals surface area contributed by atoms with Crippen molar-refractivity contribution in [3.63, 3.8) is 0 Å². The van der Waals surface area contributed by atoms with Crippen LogP contribution in [0.15, 0.2) is 152 Å². The molecule has 3 heterocycles. The number of hydrogen-bond donors (Lipinski definition) is 1. The molecule has 0 atom stereocenters. The Hall–Kier alpha value is -8.06. The summed E-state index contributed by atoms with van der Waals surface area (Å²) in [5, 5.41) is 28.9. The molecule has 0 saturated carbocycles. The van der Waals surface area contributed by atoms with Crippen LogP contribution in [-0.4, -0.2) is 13.7 Å². The molecule has 0 spiro atoms. The molecule has 0 radical (unpaired) electrons. The van der Waals surface area contributed by atoms with Crippen LogP contribution in [-0.2, 0) is 0 Å². The maximum Gasteiger partial charge on any atom is 0.0999 e. The first kappa shape index (κ1) is 34.2. The molecule has 2 N–H and O–H groups in total. The first-order valence-corrected chi connectivity index (χ1v) is 19.8. The van der Waals surface area contributed by atoms with Gasteiger partial charge >= 0.3 is 0 Å². The van der Waals surface area contributed by atoms with E-state index in [0.29, 0.717) is 27.9 Å². The molecule has 8 aromatic carbocycles. The third-order valence-corrected chi connectivity index (χ3v) is 12.1. The van der Waals surface area contributed by atoms with Crippen molar-refractivity contribution in [3.05, 3.63) is 179 Å². The maximum absolute atomic E-state index is 11.2. The summed E-state index contributed by atoms with van der Waals surface area (Å²) in [6.45, 7) is 6.33. The van der Waals surface area contributed by atoms with Gasteiger partial charge in [0.2, 0.25) is 0 Å².